The molecule has 2 amide bonds. The summed E-state index contributed by atoms with van der Waals surface area (Å²) in [7, 11) is 0. The molecule has 0 saturated carbocycles. The van der Waals surface area contributed by atoms with E-state index in [0.29, 0.717) is 22.5 Å². The molecule has 0 saturated heterocycles. The van der Waals surface area contributed by atoms with Gasteiger partial charge in [-0.05, 0) is 48.9 Å². The van der Waals surface area contributed by atoms with Crippen molar-refractivity contribution < 1.29 is 18.4 Å². The highest BCUT2D eigenvalue weighted by Gasteiger charge is 2.15. The molecule has 1 unspecified atom stereocenters. The summed E-state index contributed by atoms with van der Waals surface area (Å²) in [6, 6.07) is 18.9. The van der Waals surface area contributed by atoms with E-state index in [2.05, 4.69) is 16.0 Å². The number of hydrogen-bond donors (Lipinski definition) is 3. The third-order valence-electron chi connectivity index (χ3n) is 4.49. The fourth-order valence-electron chi connectivity index (χ4n) is 2.85. The number of halogens is 2. The Morgan fingerprint density at radius 3 is 2.30 bits per heavy atom. The number of amides is 2. The quantitative estimate of drug-likeness (QED) is 0.538. The smallest absolute Gasteiger partial charge is 0.257 e. The number of nitrogens with one attached hydrogen (secondary N) is 3. The number of benzene rings is 3. The molecule has 0 heterocycles. The van der Waals surface area contributed by atoms with E-state index in [1.165, 1.54) is 6.07 Å². The number of rotatable bonds is 7. The summed E-state index contributed by atoms with van der Waals surface area (Å²) in [6.07, 6.45) is 0. The minimum Gasteiger partial charge on any atom is -0.324 e. The number of carbonyl (C=O) groups excluding carboxylic acids is 2. The molecule has 30 heavy (non-hydrogen) atoms. The highest BCUT2D eigenvalue weighted by atomic mass is 19.2. The average molecular weight is 409 g/mol. The Morgan fingerprint density at radius 1 is 0.867 bits per heavy atom. The number of para-hydroxylation sites is 2. The molecule has 0 aromatic heterocycles. The molecule has 3 N–H and O–H groups in total. The maximum absolute atomic E-state index is 13.4. The monoisotopic (exact) mass is 409 g/mol. The SMILES string of the molecule is CC(NCC(=O)Nc1ccccc1C(=O)Nc1ccccc1)c1ccc(F)c(F)c1. The predicted molar refractivity (Wildman–Crippen MR) is 112 cm³/mol. The predicted octanol–water partition coefficient (Wildman–Crippen LogP) is 4.51. The van der Waals surface area contributed by atoms with Crippen LogP contribution in [0.15, 0.2) is 72.8 Å². The van der Waals surface area contributed by atoms with Gasteiger partial charge in [-0.3, -0.25) is 9.59 Å². The fourth-order valence-corrected chi connectivity index (χ4v) is 2.85. The van der Waals surface area contributed by atoms with Gasteiger partial charge in [0.25, 0.3) is 5.91 Å². The molecule has 3 rings (SSSR count). The fraction of sp³-hybridized carbons (Fsp3) is 0.130. The second kappa shape index (κ2) is 9.76. The van der Waals surface area contributed by atoms with Crippen LogP contribution in [0.2, 0.25) is 0 Å². The Kier molecular flexibility index (Phi) is 6.87. The first kappa shape index (κ1) is 21.1. The lowest BCUT2D eigenvalue weighted by molar-refractivity contribution is -0.115. The third kappa shape index (κ3) is 5.48. The van der Waals surface area contributed by atoms with Crippen LogP contribution >= 0.6 is 0 Å². The molecule has 0 aliphatic rings. The van der Waals surface area contributed by atoms with Gasteiger partial charge in [-0.1, -0.05) is 36.4 Å². The van der Waals surface area contributed by atoms with Crippen molar-refractivity contribution in [1.82, 2.24) is 5.32 Å². The van der Waals surface area contributed by atoms with Crippen molar-refractivity contribution in [2.75, 3.05) is 17.2 Å². The van der Waals surface area contributed by atoms with Gasteiger partial charge in [0.15, 0.2) is 11.6 Å². The first-order valence-corrected chi connectivity index (χ1v) is 9.37. The Bertz CT molecular complexity index is 1040. The van der Waals surface area contributed by atoms with Gasteiger partial charge in [0.1, 0.15) is 0 Å². The van der Waals surface area contributed by atoms with Gasteiger partial charge in [0.2, 0.25) is 5.91 Å². The second-order valence-corrected chi connectivity index (χ2v) is 6.69. The van der Waals surface area contributed by atoms with Crippen LogP contribution in [0.5, 0.6) is 0 Å². The van der Waals surface area contributed by atoms with Gasteiger partial charge < -0.3 is 16.0 Å². The molecule has 5 nitrogen and oxygen atoms in total. The lowest BCUT2D eigenvalue weighted by atomic mass is 10.1. The van der Waals surface area contributed by atoms with Crippen LogP contribution in [-0.4, -0.2) is 18.4 Å². The zero-order chi connectivity index (χ0) is 21.5. The van der Waals surface area contributed by atoms with Crippen molar-refractivity contribution in [2.45, 2.75) is 13.0 Å². The van der Waals surface area contributed by atoms with E-state index < -0.39 is 11.6 Å². The molecule has 154 valence electrons. The molecule has 0 spiro atoms. The van der Waals surface area contributed by atoms with E-state index in [9.17, 15) is 18.4 Å². The zero-order valence-electron chi connectivity index (χ0n) is 16.3. The van der Waals surface area contributed by atoms with E-state index in [-0.39, 0.29) is 24.4 Å². The zero-order valence-corrected chi connectivity index (χ0v) is 16.3. The maximum atomic E-state index is 13.4. The first-order chi connectivity index (χ1) is 14.4. The summed E-state index contributed by atoms with van der Waals surface area (Å²) < 4.78 is 26.4. The number of anilines is 2. The van der Waals surface area contributed by atoms with Gasteiger partial charge in [0.05, 0.1) is 17.8 Å². The average Bonchev–Trinajstić information content (AvgIpc) is 2.75. The van der Waals surface area contributed by atoms with Gasteiger partial charge >= 0.3 is 0 Å². The normalized spacial score (nSPS) is 11.6. The Balaban J connectivity index is 1.61. The summed E-state index contributed by atoms with van der Waals surface area (Å²) >= 11 is 0. The van der Waals surface area contributed by atoms with Crippen LogP contribution in [0.3, 0.4) is 0 Å². The van der Waals surface area contributed by atoms with E-state index in [4.69, 9.17) is 0 Å². The van der Waals surface area contributed by atoms with Gasteiger partial charge in [0, 0.05) is 11.7 Å². The molecule has 3 aromatic rings. The Labute approximate surface area is 173 Å². The van der Waals surface area contributed by atoms with Crippen LogP contribution < -0.4 is 16.0 Å². The number of carbonyl (C=O) groups is 2. The van der Waals surface area contributed by atoms with Gasteiger partial charge in [-0.2, -0.15) is 0 Å². The summed E-state index contributed by atoms with van der Waals surface area (Å²) in [5.41, 5.74) is 1.86. The second-order valence-electron chi connectivity index (χ2n) is 6.69. The van der Waals surface area contributed by atoms with E-state index in [0.717, 1.165) is 12.1 Å². The molecule has 0 aliphatic carbocycles. The Hall–Kier alpha value is -3.58. The van der Waals surface area contributed by atoms with Crippen molar-refractivity contribution in [3.05, 3.63) is 95.6 Å². The van der Waals surface area contributed by atoms with Crippen molar-refractivity contribution in [3.63, 3.8) is 0 Å². The topological polar surface area (TPSA) is 70.2 Å². The summed E-state index contributed by atoms with van der Waals surface area (Å²) in [6.45, 7) is 1.66. The molecule has 0 radical (unpaired) electrons. The summed E-state index contributed by atoms with van der Waals surface area (Å²) in [5.74, 6) is -2.58. The van der Waals surface area contributed by atoms with Gasteiger partial charge in [-0.25, -0.2) is 8.78 Å². The van der Waals surface area contributed by atoms with Gasteiger partial charge in [-0.15, -0.1) is 0 Å². The minimum absolute atomic E-state index is 0.0746. The largest absolute Gasteiger partial charge is 0.324 e. The molecule has 0 bridgehead atoms. The molecule has 3 aromatic carbocycles. The van der Waals surface area contributed by atoms with Crippen LogP contribution in [0.25, 0.3) is 0 Å². The van der Waals surface area contributed by atoms with Crippen molar-refractivity contribution in [3.8, 4) is 0 Å². The van der Waals surface area contributed by atoms with Crippen molar-refractivity contribution in [2.24, 2.45) is 0 Å². The summed E-state index contributed by atoms with van der Waals surface area (Å²) in [5, 5.41) is 8.44. The van der Waals surface area contributed by atoms with Crippen LogP contribution in [-0.2, 0) is 4.79 Å². The molecule has 1 atom stereocenters. The van der Waals surface area contributed by atoms with Crippen LogP contribution in [0.1, 0.15) is 28.9 Å². The lowest BCUT2D eigenvalue weighted by Crippen LogP contribution is -2.30. The highest BCUT2D eigenvalue weighted by molar-refractivity contribution is 6.10. The third-order valence-corrected chi connectivity index (χ3v) is 4.49. The standard InChI is InChI=1S/C23H21F2N3O2/c1-15(16-11-12-19(24)20(25)13-16)26-14-22(29)28-21-10-6-5-9-18(21)23(30)27-17-7-3-2-4-8-17/h2-13,15,26H,14H2,1H3,(H,27,30)(H,28,29). The van der Waals surface area contributed by atoms with E-state index in [1.54, 1.807) is 43.3 Å². The van der Waals surface area contributed by atoms with Crippen LogP contribution in [0, 0.1) is 11.6 Å². The van der Waals surface area contributed by atoms with Crippen LogP contribution in [0.4, 0.5) is 20.2 Å². The van der Waals surface area contributed by atoms with Crippen molar-refractivity contribution in [1.29, 1.82) is 0 Å². The molecule has 7 heteroatoms. The first-order valence-electron chi connectivity index (χ1n) is 9.37. The Morgan fingerprint density at radius 2 is 1.57 bits per heavy atom. The maximum Gasteiger partial charge on any atom is 0.257 e. The summed E-state index contributed by atoms with van der Waals surface area (Å²) in [4.78, 5) is 24.9. The molecule has 0 fully saturated rings. The highest BCUT2D eigenvalue weighted by Crippen LogP contribution is 2.18. The van der Waals surface area contributed by atoms with E-state index >= 15 is 0 Å². The molecule has 0 aliphatic heterocycles. The lowest BCUT2D eigenvalue weighted by Gasteiger charge is -2.15. The number of hydrogen-bond acceptors (Lipinski definition) is 3. The molecular formula is C23H21F2N3O2. The molecular weight excluding hydrogens is 388 g/mol. The van der Waals surface area contributed by atoms with Crippen molar-refractivity contribution >= 4 is 23.2 Å². The van der Waals surface area contributed by atoms with E-state index in [1.807, 2.05) is 18.2 Å². The minimum atomic E-state index is -0.941.